The Balaban J connectivity index is 1.58. The molecule has 2 saturated carbocycles. The maximum Gasteiger partial charge on any atom is 0.249 e. The lowest BCUT2D eigenvalue weighted by atomic mass is 10.2. The maximum atomic E-state index is 12.7. The molecule has 174 valence electrons. The third-order valence-electron chi connectivity index (χ3n) is 5.77. The van der Waals surface area contributed by atoms with E-state index in [4.69, 9.17) is 10.00 Å². The lowest BCUT2D eigenvalue weighted by Gasteiger charge is -2.18. The number of sulfone groups is 1. The van der Waals surface area contributed by atoms with Crippen LogP contribution in [0, 0.1) is 11.3 Å². The van der Waals surface area contributed by atoms with Crippen molar-refractivity contribution in [3.63, 3.8) is 0 Å². The standard InChI is InChI=1S/C21H29N5O4S2/c1-15(23-11-18-5-4-17(10-22)31-18)16(2)24-25-20(12-26(3)14-27)30-13-21(8-9-21)32(28,29)19-6-7-19/h4-5,12,14-16,19,23H,6-9,11,13H2,1-3H3/b20-12-,25-24?/t15-,16?/m1/s1. The molecule has 1 aromatic rings. The van der Waals surface area contributed by atoms with Crippen molar-refractivity contribution in [3.05, 3.63) is 34.0 Å². The quantitative estimate of drug-likeness (QED) is 0.263. The molecule has 1 aromatic heterocycles. The van der Waals surface area contributed by atoms with Gasteiger partial charge in [-0.25, -0.2) is 8.42 Å². The largest absolute Gasteiger partial charge is 0.474 e. The first-order valence-corrected chi connectivity index (χ1v) is 13.0. The number of nitrogens with zero attached hydrogens (tertiary/aromatic N) is 4. The fourth-order valence-corrected chi connectivity index (χ4v) is 6.21. The Morgan fingerprint density at radius 3 is 2.72 bits per heavy atom. The molecular weight excluding hydrogens is 450 g/mol. The van der Waals surface area contributed by atoms with E-state index in [0.29, 0.717) is 30.7 Å². The van der Waals surface area contributed by atoms with E-state index < -0.39 is 14.6 Å². The molecule has 0 aromatic carbocycles. The predicted molar refractivity (Wildman–Crippen MR) is 121 cm³/mol. The first-order valence-electron chi connectivity index (χ1n) is 10.6. The lowest BCUT2D eigenvalue weighted by Crippen LogP contribution is -2.33. The monoisotopic (exact) mass is 479 g/mol. The summed E-state index contributed by atoms with van der Waals surface area (Å²) in [4.78, 5) is 14.0. The summed E-state index contributed by atoms with van der Waals surface area (Å²) in [6, 6.07) is 5.62. The Morgan fingerprint density at radius 1 is 1.44 bits per heavy atom. The van der Waals surface area contributed by atoms with Gasteiger partial charge in [0.1, 0.15) is 22.3 Å². The second-order valence-electron chi connectivity index (χ2n) is 8.46. The van der Waals surface area contributed by atoms with Gasteiger partial charge in [0.05, 0.1) is 17.5 Å². The van der Waals surface area contributed by atoms with Gasteiger partial charge >= 0.3 is 0 Å². The second-order valence-corrected chi connectivity index (χ2v) is 12.2. The number of azo groups is 1. The molecule has 0 spiro atoms. The van der Waals surface area contributed by atoms with E-state index in [2.05, 4.69) is 21.6 Å². The number of hydrogen-bond acceptors (Lipinski definition) is 9. The first-order chi connectivity index (χ1) is 15.2. The summed E-state index contributed by atoms with van der Waals surface area (Å²) >= 11 is 1.44. The number of hydrogen-bond donors (Lipinski definition) is 1. The van der Waals surface area contributed by atoms with Crippen LogP contribution in [0.4, 0.5) is 0 Å². The van der Waals surface area contributed by atoms with Crippen molar-refractivity contribution in [2.75, 3.05) is 13.7 Å². The molecule has 1 N–H and O–H groups in total. The number of ether oxygens (including phenoxy) is 1. The zero-order valence-electron chi connectivity index (χ0n) is 18.5. The minimum Gasteiger partial charge on any atom is -0.474 e. The van der Waals surface area contributed by atoms with Crippen LogP contribution in [-0.4, -0.2) is 55.5 Å². The molecule has 1 unspecified atom stereocenters. The van der Waals surface area contributed by atoms with Crippen molar-refractivity contribution in [2.24, 2.45) is 10.2 Å². The van der Waals surface area contributed by atoms with Gasteiger partial charge in [0.25, 0.3) is 0 Å². The summed E-state index contributed by atoms with van der Waals surface area (Å²) in [5.74, 6) is 0.104. The third-order valence-corrected chi connectivity index (χ3v) is 9.84. The molecule has 0 bridgehead atoms. The van der Waals surface area contributed by atoms with E-state index in [1.165, 1.54) is 22.4 Å². The zero-order chi connectivity index (χ0) is 23.4. The van der Waals surface area contributed by atoms with Crippen LogP contribution in [0.5, 0.6) is 0 Å². The molecule has 1 heterocycles. The van der Waals surface area contributed by atoms with Crippen LogP contribution in [0.3, 0.4) is 0 Å². The highest BCUT2D eigenvalue weighted by Crippen LogP contribution is 2.50. The summed E-state index contributed by atoms with van der Waals surface area (Å²) in [5.41, 5.74) is 0. The van der Waals surface area contributed by atoms with Gasteiger partial charge in [-0.1, -0.05) is 0 Å². The van der Waals surface area contributed by atoms with Gasteiger partial charge in [-0.2, -0.15) is 10.4 Å². The first kappa shape index (κ1) is 24.4. The molecule has 0 aliphatic heterocycles. The SMILES string of the molecule is CC(N=N/C(=C/N(C)C=O)OCC1(S(=O)(=O)C2CC2)CC1)[C@@H](C)NCc1ccc(C#N)s1. The zero-order valence-corrected chi connectivity index (χ0v) is 20.2. The Kier molecular flexibility index (Phi) is 7.69. The third kappa shape index (κ3) is 5.94. The molecule has 1 amide bonds. The highest BCUT2D eigenvalue weighted by Gasteiger charge is 2.60. The van der Waals surface area contributed by atoms with Gasteiger partial charge in [0, 0.05) is 24.5 Å². The fourth-order valence-electron chi connectivity index (χ4n) is 3.10. The molecule has 0 radical (unpaired) electrons. The van der Waals surface area contributed by atoms with Gasteiger partial charge in [-0.15, -0.1) is 16.5 Å². The van der Waals surface area contributed by atoms with E-state index in [-0.39, 0.29) is 29.8 Å². The van der Waals surface area contributed by atoms with Gasteiger partial charge < -0.3 is 15.0 Å². The normalized spacial score (nSPS) is 19.9. The molecule has 11 heteroatoms. The van der Waals surface area contributed by atoms with Crippen molar-refractivity contribution in [1.82, 2.24) is 10.2 Å². The van der Waals surface area contributed by atoms with Crippen LogP contribution in [0.25, 0.3) is 0 Å². The molecule has 32 heavy (non-hydrogen) atoms. The van der Waals surface area contributed by atoms with Crippen molar-refractivity contribution < 1.29 is 17.9 Å². The van der Waals surface area contributed by atoms with E-state index in [1.807, 2.05) is 19.9 Å². The maximum absolute atomic E-state index is 12.7. The molecular formula is C21H29N5O4S2. The Labute approximate surface area is 193 Å². The molecule has 0 saturated heterocycles. The van der Waals surface area contributed by atoms with Crippen LogP contribution < -0.4 is 5.32 Å². The van der Waals surface area contributed by atoms with Gasteiger partial charge in [-0.3, -0.25) is 4.79 Å². The second kappa shape index (κ2) is 10.1. The minimum absolute atomic E-state index is 0.0125. The molecule has 2 atom stereocenters. The summed E-state index contributed by atoms with van der Waals surface area (Å²) in [6.45, 7) is 4.51. The van der Waals surface area contributed by atoms with E-state index in [0.717, 1.165) is 17.7 Å². The van der Waals surface area contributed by atoms with E-state index in [1.54, 1.807) is 13.1 Å². The fraction of sp³-hybridized carbons (Fsp3) is 0.619. The topological polar surface area (TPSA) is 124 Å². The smallest absolute Gasteiger partial charge is 0.249 e. The molecule has 3 rings (SSSR count). The average molecular weight is 480 g/mol. The summed E-state index contributed by atoms with van der Waals surface area (Å²) < 4.78 is 30.3. The number of carbonyl (C=O) groups excluding carboxylic acids is 1. The van der Waals surface area contributed by atoms with Crippen molar-refractivity contribution in [1.29, 1.82) is 5.26 Å². The number of carbonyl (C=O) groups is 1. The molecule has 2 fully saturated rings. The lowest BCUT2D eigenvalue weighted by molar-refractivity contribution is -0.115. The number of nitrogens with one attached hydrogen (secondary N) is 1. The average Bonchev–Trinajstić information content (AvgIpc) is 3.71. The van der Waals surface area contributed by atoms with Gasteiger partial charge in [0.15, 0.2) is 9.84 Å². The Hall–Kier alpha value is -2.29. The van der Waals surface area contributed by atoms with Crippen molar-refractivity contribution in [3.8, 4) is 6.07 Å². The van der Waals surface area contributed by atoms with E-state index in [9.17, 15) is 13.2 Å². The van der Waals surface area contributed by atoms with Crippen LogP contribution >= 0.6 is 11.3 Å². The van der Waals surface area contributed by atoms with Crippen molar-refractivity contribution in [2.45, 2.75) is 68.2 Å². The predicted octanol–water partition coefficient (Wildman–Crippen LogP) is 2.95. The molecule has 9 nitrogen and oxygen atoms in total. The summed E-state index contributed by atoms with van der Waals surface area (Å²) in [5, 5.41) is 20.5. The highest BCUT2D eigenvalue weighted by atomic mass is 32.2. The van der Waals surface area contributed by atoms with Gasteiger partial charge in [0.2, 0.25) is 12.3 Å². The highest BCUT2D eigenvalue weighted by molar-refractivity contribution is 7.94. The Bertz CT molecular complexity index is 1020. The summed E-state index contributed by atoms with van der Waals surface area (Å²) in [7, 11) is -1.65. The number of amides is 1. The molecule has 2 aliphatic carbocycles. The van der Waals surface area contributed by atoms with Crippen molar-refractivity contribution >= 4 is 27.6 Å². The van der Waals surface area contributed by atoms with Crippen LogP contribution in [0.2, 0.25) is 0 Å². The summed E-state index contributed by atoms with van der Waals surface area (Å²) in [6.07, 6.45) is 4.64. The van der Waals surface area contributed by atoms with Crippen LogP contribution in [0.1, 0.15) is 49.3 Å². The van der Waals surface area contributed by atoms with Crippen LogP contribution in [-0.2, 0) is 25.9 Å². The number of rotatable bonds is 13. The number of thiophene rings is 1. The number of nitriles is 1. The molecule has 2 aliphatic rings. The minimum atomic E-state index is -3.20. The van der Waals surface area contributed by atoms with E-state index >= 15 is 0 Å². The Morgan fingerprint density at radius 2 is 2.16 bits per heavy atom. The van der Waals surface area contributed by atoms with Crippen LogP contribution in [0.15, 0.2) is 34.4 Å². The van der Waals surface area contributed by atoms with Gasteiger partial charge in [-0.05, 0) is 51.7 Å².